The van der Waals surface area contributed by atoms with E-state index >= 15 is 0 Å². The van der Waals surface area contributed by atoms with E-state index in [1.54, 1.807) is 13.2 Å². The third kappa shape index (κ3) is 3.06. The summed E-state index contributed by atoms with van der Waals surface area (Å²) in [6.45, 7) is 3.86. The lowest BCUT2D eigenvalue weighted by molar-refractivity contribution is -0.129. The van der Waals surface area contributed by atoms with Gasteiger partial charge in [0.15, 0.2) is 5.70 Å². The molecule has 114 valence electrons. The highest BCUT2D eigenvalue weighted by molar-refractivity contribution is 6.13. The van der Waals surface area contributed by atoms with Crippen molar-refractivity contribution in [1.82, 2.24) is 0 Å². The molecule has 0 N–H and O–H groups in total. The summed E-state index contributed by atoms with van der Waals surface area (Å²) in [5, 5.41) is 0. The van der Waals surface area contributed by atoms with Gasteiger partial charge in [0.25, 0.3) is 0 Å². The van der Waals surface area contributed by atoms with Gasteiger partial charge < -0.3 is 9.47 Å². The van der Waals surface area contributed by atoms with Crippen LogP contribution in [-0.2, 0) is 14.3 Å². The van der Waals surface area contributed by atoms with E-state index in [9.17, 15) is 4.79 Å². The molecule has 0 fully saturated rings. The molecular weight excluding hydrogens is 290 g/mol. The van der Waals surface area contributed by atoms with Crippen LogP contribution in [0.3, 0.4) is 0 Å². The van der Waals surface area contributed by atoms with Crippen molar-refractivity contribution in [3.8, 4) is 0 Å². The monoisotopic (exact) mass is 305 g/mol. The SMILES string of the molecule is C=C(OC)c1ccccc1/C=C1/N=C(c2ccccc2)OC1=O. The van der Waals surface area contributed by atoms with Crippen molar-refractivity contribution in [2.24, 2.45) is 4.99 Å². The minimum Gasteiger partial charge on any atom is -0.497 e. The van der Waals surface area contributed by atoms with Gasteiger partial charge >= 0.3 is 5.97 Å². The normalized spacial score (nSPS) is 15.3. The molecule has 0 atom stereocenters. The van der Waals surface area contributed by atoms with Gasteiger partial charge in [-0.3, -0.25) is 0 Å². The van der Waals surface area contributed by atoms with E-state index in [0.717, 1.165) is 16.7 Å². The van der Waals surface area contributed by atoms with E-state index in [0.29, 0.717) is 11.7 Å². The van der Waals surface area contributed by atoms with Crippen LogP contribution in [0, 0.1) is 0 Å². The van der Waals surface area contributed by atoms with Crippen LogP contribution in [-0.4, -0.2) is 19.0 Å². The van der Waals surface area contributed by atoms with Gasteiger partial charge in [0, 0.05) is 11.1 Å². The summed E-state index contributed by atoms with van der Waals surface area (Å²) in [5.74, 6) is 0.364. The molecule has 0 saturated carbocycles. The molecule has 0 saturated heterocycles. The lowest BCUT2D eigenvalue weighted by atomic mass is 10.1. The largest absolute Gasteiger partial charge is 0.497 e. The highest BCUT2D eigenvalue weighted by Gasteiger charge is 2.24. The topological polar surface area (TPSA) is 47.9 Å². The molecule has 1 aliphatic rings. The van der Waals surface area contributed by atoms with Gasteiger partial charge in [-0.1, -0.05) is 49.0 Å². The van der Waals surface area contributed by atoms with Crippen molar-refractivity contribution in [2.75, 3.05) is 7.11 Å². The number of hydrogen-bond donors (Lipinski definition) is 0. The zero-order valence-electron chi connectivity index (χ0n) is 12.7. The zero-order chi connectivity index (χ0) is 16.2. The van der Waals surface area contributed by atoms with Crippen LogP contribution in [0.15, 0.2) is 71.9 Å². The second kappa shape index (κ2) is 6.32. The maximum absolute atomic E-state index is 12.1. The molecule has 2 aromatic rings. The van der Waals surface area contributed by atoms with Gasteiger partial charge in [-0.2, -0.15) is 0 Å². The number of carbonyl (C=O) groups is 1. The summed E-state index contributed by atoms with van der Waals surface area (Å²) in [4.78, 5) is 16.4. The number of aliphatic imine (C=N–C) groups is 1. The average Bonchev–Trinajstić information content (AvgIpc) is 2.96. The Bertz CT molecular complexity index is 820. The van der Waals surface area contributed by atoms with Crippen molar-refractivity contribution in [3.05, 3.63) is 83.6 Å². The lowest BCUT2D eigenvalue weighted by Gasteiger charge is -2.07. The first-order valence-corrected chi connectivity index (χ1v) is 7.09. The number of hydrogen-bond acceptors (Lipinski definition) is 4. The third-order valence-corrected chi connectivity index (χ3v) is 3.44. The van der Waals surface area contributed by atoms with Gasteiger partial charge in [-0.05, 0) is 23.8 Å². The summed E-state index contributed by atoms with van der Waals surface area (Å²) in [6, 6.07) is 16.8. The quantitative estimate of drug-likeness (QED) is 0.492. The van der Waals surface area contributed by atoms with E-state index in [-0.39, 0.29) is 5.70 Å². The molecule has 0 aromatic heterocycles. The van der Waals surface area contributed by atoms with Gasteiger partial charge in [0.05, 0.1) is 7.11 Å². The van der Waals surface area contributed by atoms with Crippen molar-refractivity contribution in [1.29, 1.82) is 0 Å². The molecule has 0 unspecified atom stereocenters. The Morgan fingerprint density at radius 3 is 2.57 bits per heavy atom. The smallest absolute Gasteiger partial charge is 0.363 e. The van der Waals surface area contributed by atoms with E-state index in [2.05, 4.69) is 11.6 Å². The Labute approximate surface area is 134 Å². The average molecular weight is 305 g/mol. The Morgan fingerprint density at radius 1 is 1.13 bits per heavy atom. The molecule has 4 heteroatoms. The molecule has 0 spiro atoms. The van der Waals surface area contributed by atoms with Crippen LogP contribution in [0.2, 0.25) is 0 Å². The third-order valence-electron chi connectivity index (χ3n) is 3.44. The van der Waals surface area contributed by atoms with E-state index in [4.69, 9.17) is 9.47 Å². The van der Waals surface area contributed by atoms with Crippen molar-refractivity contribution >= 4 is 23.7 Å². The first-order valence-electron chi connectivity index (χ1n) is 7.09. The lowest BCUT2D eigenvalue weighted by Crippen LogP contribution is -2.05. The first-order chi connectivity index (χ1) is 11.2. The summed E-state index contributed by atoms with van der Waals surface area (Å²) in [7, 11) is 1.56. The van der Waals surface area contributed by atoms with Crippen molar-refractivity contribution < 1.29 is 14.3 Å². The minimum atomic E-state index is -0.471. The number of ether oxygens (including phenoxy) is 2. The minimum absolute atomic E-state index is 0.250. The number of esters is 1. The Morgan fingerprint density at radius 2 is 1.83 bits per heavy atom. The maximum Gasteiger partial charge on any atom is 0.363 e. The maximum atomic E-state index is 12.1. The molecule has 0 radical (unpaired) electrons. The second-order valence-electron chi connectivity index (χ2n) is 4.92. The summed E-state index contributed by atoms with van der Waals surface area (Å²) < 4.78 is 10.4. The molecule has 23 heavy (non-hydrogen) atoms. The van der Waals surface area contributed by atoms with Crippen LogP contribution < -0.4 is 0 Å². The molecule has 0 aliphatic carbocycles. The van der Waals surface area contributed by atoms with E-state index in [1.807, 2.05) is 54.6 Å². The molecular formula is C19H15NO3. The Balaban J connectivity index is 1.99. The summed E-state index contributed by atoms with van der Waals surface area (Å²) >= 11 is 0. The molecule has 0 bridgehead atoms. The predicted octanol–water partition coefficient (Wildman–Crippen LogP) is 3.65. The molecule has 1 aliphatic heterocycles. The van der Waals surface area contributed by atoms with Crippen molar-refractivity contribution in [2.45, 2.75) is 0 Å². The fourth-order valence-electron chi connectivity index (χ4n) is 2.25. The van der Waals surface area contributed by atoms with Gasteiger partial charge in [0.1, 0.15) is 5.76 Å². The molecule has 3 rings (SSSR count). The summed E-state index contributed by atoms with van der Waals surface area (Å²) in [5.41, 5.74) is 2.61. The number of nitrogens with zero attached hydrogens (tertiary/aromatic N) is 1. The Hall–Kier alpha value is -3.14. The zero-order valence-corrected chi connectivity index (χ0v) is 12.7. The van der Waals surface area contributed by atoms with Crippen LogP contribution >= 0.6 is 0 Å². The number of methoxy groups -OCH3 is 1. The highest BCUT2D eigenvalue weighted by atomic mass is 16.6. The van der Waals surface area contributed by atoms with Crippen LogP contribution in [0.1, 0.15) is 16.7 Å². The number of carbonyl (C=O) groups excluding carboxylic acids is 1. The van der Waals surface area contributed by atoms with Gasteiger partial charge in [-0.15, -0.1) is 0 Å². The molecule has 4 nitrogen and oxygen atoms in total. The molecule has 0 amide bonds. The van der Waals surface area contributed by atoms with Gasteiger partial charge in [-0.25, -0.2) is 9.79 Å². The first kappa shape index (κ1) is 14.8. The summed E-state index contributed by atoms with van der Waals surface area (Å²) in [6.07, 6.45) is 1.68. The molecule has 2 aromatic carbocycles. The fourth-order valence-corrected chi connectivity index (χ4v) is 2.25. The van der Waals surface area contributed by atoms with Gasteiger partial charge in [0.2, 0.25) is 5.90 Å². The number of benzene rings is 2. The predicted molar refractivity (Wildman–Crippen MR) is 89.5 cm³/mol. The molecule has 1 heterocycles. The van der Waals surface area contributed by atoms with Crippen LogP contribution in [0.5, 0.6) is 0 Å². The second-order valence-corrected chi connectivity index (χ2v) is 4.92. The number of cyclic esters (lactones) is 1. The van der Waals surface area contributed by atoms with E-state index < -0.39 is 5.97 Å². The van der Waals surface area contributed by atoms with Crippen LogP contribution in [0.4, 0.5) is 0 Å². The Kier molecular flexibility index (Phi) is 4.06. The highest BCUT2D eigenvalue weighted by Crippen LogP contribution is 2.24. The fraction of sp³-hybridized carbons (Fsp3) is 0.0526. The standard InChI is InChI=1S/C19H15NO3/c1-13(22-2)16-11-7-6-10-15(16)12-17-19(21)23-18(20-17)14-8-4-3-5-9-14/h3-12H,1H2,2H3/b17-12+. The van der Waals surface area contributed by atoms with Crippen LogP contribution in [0.25, 0.3) is 11.8 Å². The number of rotatable bonds is 4. The van der Waals surface area contributed by atoms with E-state index in [1.165, 1.54) is 0 Å². The van der Waals surface area contributed by atoms with Crippen molar-refractivity contribution in [3.63, 3.8) is 0 Å².